The summed E-state index contributed by atoms with van der Waals surface area (Å²) in [5.41, 5.74) is 6.62. The summed E-state index contributed by atoms with van der Waals surface area (Å²) in [7, 11) is 3.17. The first-order valence-corrected chi connectivity index (χ1v) is 12.8. The normalized spacial score (nSPS) is 11.1. The van der Waals surface area contributed by atoms with Crippen LogP contribution in [0.15, 0.2) is 55.5 Å². The van der Waals surface area contributed by atoms with Crippen molar-refractivity contribution < 1.29 is 19.1 Å². The molecular formula is C25H30Br2N4O4. The number of methoxy groups -OCH3 is 2. The van der Waals surface area contributed by atoms with Crippen LogP contribution in [-0.2, 0) is 9.59 Å². The molecule has 0 aliphatic heterocycles. The van der Waals surface area contributed by atoms with E-state index in [4.69, 9.17) is 9.47 Å². The summed E-state index contributed by atoms with van der Waals surface area (Å²) in [5.74, 6) is 1.09. The Morgan fingerprint density at radius 1 is 0.743 bits per heavy atom. The van der Waals surface area contributed by atoms with Gasteiger partial charge in [0.2, 0.25) is 11.8 Å². The van der Waals surface area contributed by atoms with Gasteiger partial charge in [-0.05, 0) is 49.2 Å². The van der Waals surface area contributed by atoms with Crippen LogP contribution in [0.1, 0.15) is 56.1 Å². The predicted octanol–water partition coefficient (Wildman–Crippen LogP) is 5.56. The smallest absolute Gasteiger partial charge is 0.240 e. The Labute approximate surface area is 222 Å². The van der Waals surface area contributed by atoms with E-state index in [1.165, 1.54) is 0 Å². The van der Waals surface area contributed by atoms with E-state index in [0.29, 0.717) is 24.3 Å². The molecule has 0 radical (unpaired) electrons. The molecule has 0 aliphatic rings. The van der Waals surface area contributed by atoms with Crippen molar-refractivity contribution in [2.24, 2.45) is 10.2 Å². The standard InChI is InChI=1S/C25H30Br2N4O4/c1-34-22-12-10-20(26)14-18(22)16-28-30-24(32)8-6-4-3-5-7-9-25(33)31-29-17-19-15-21(27)11-13-23(19)35-2/h10-17H,3-9H2,1-2H3,(H,30,32)(H,31,33). The molecule has 2 N–H and O–H groups in total. The van der Waals surface area contributed by atoms with Crippen LogP contribution in [0.3, 0.4) is 0 Å². The lowest BCUT2D eigenvalue weighted by atomic mass is 10.1. The third-order valence-corrected chi connectivity index (χ3v) is 5.96. The van der Waals surface area contributed by atoms with E-state index in [-0.39, 0.29) is 11.8 Å². The van der Waals surface area contributed by atoms with Crippen molar-refractivity contribution in [1.29, 1.82) is 0 Å². The zero-order chi connectivity index (χ0) is 25.5. The van der Waals surface area contributed by atoms with Gasteiger partial charge >= 0.3 is 0 Å². The molecule has 0 saturated heterocycles. The van der Waals surface area contributed by atoms with Gasteiger partial charge in [0.05, 0.1) is 26.6 Å². The fourth-order valence-electron chi connectivity index (χ4n) is 3.17. The minimum absolute atomic E-state index is 0.130. The summed E-state index contributed by atoms with van der Waals surface area (Å²) in [6.07, 6.45) is 8.26. The van der Waals surface area contributed by atoms with Gasteiger partial charge in [-0.25, -0.2) is 10.9 Å². The van der Waals surface area contributed by atoms with E-state index in [1.54, 1.807) is 26.6 Å². The maximum atomic E-state index is 12.0. The number of unbranched alkanes of at least 4 members (excludes halogenated alkanes) is 4. The van der Waals surface area contributed by atoms with Gasteiger partial charge in [-0.2, -0.15) is 10.2 Å². The Hall–Kier alpha value is -2.72. The highest BCUT2D eigenvalue weighted by Crippen LogP contribution is 2.22. The topological polar surface area (TPSA) is 101 Å². The van der Waals surface area contributed by atoms with Crippen LogP contribution in [-0.4, -0.2) is 38.5 Å². The molecule has 10 heteroatoms. The highest BCUT2D eigenvalue weighted by Gasteiger charge is 2.04. The van der Waals surface area contributed by atoms with E-state index in [9.17, 15) is 9.59 Å². The van der Waals surface area contributed by atoms with Crippen LogP contribution in [0.5, 0.6) is 11.5 Å². The zero-order valence-electron chi connectivity index (χ0n) is 19.9. The molecule has 2 aromatic carbocycles. The number of carbonyl (C=O) groups is 2. The highest BCUT2D eigenvalue weighted by atomic mass is 79.9. The summed E-state index contributed by atoms with van der Waals surface area (Å²) in [6, 6.07) is 11.1. The first-order valence-electron chi connectivity index (χ1n) is 11.2. The van der Waals surface area contributed by atoms with E-state index in [0.717, 1.165) is 52.2 Å². The van der Waals surface area contributed by atoms with Gasteiger partial charge in [-0.15, -0.1) is 0 Å². The van der Waals surface area contributed by atoms with E-state index in [1.807, 2.05) is 36.4 Å². The number of hydrogen-bond acceptors (Lipinski definition) is 6. The van der Waals surface area contributed by atoms with E-state index < -0.39 is 0 Å². The second kappa shape index (κ2) is 16.0. The molecule has 2 rings (SSSR count). The van der Waals surface area contributed by atoms with Crippen molar-refractivity contribution >= 4 is 56.1 Å². The van der Waals surface area contributed by atoms with Crippen LogP contribution < -0.4 is 20.3 Å². The van der Waals surface area contributed by atoms with Gasteiger partial charge in [-0.3, -0.25) is 9.59 Å². The van der Waals surface area contributed by atoms with Crippen LogP contribution in [0.2, 0.25) is 0 Å². The highest BCUT2D eigenvalue weighted by molar-refractivity contribution is 9.10. The van der Waals surface area contributed by atoms with Gasteiger partial charge < -0.3 is 9.47 Å². The quantitative estimate of drug-likeness (QED) is 0.166. The molecule has 188 valence electrons. The predicted molar refractivity (Wildman–Crippen MR) is 145 cm³/mol. The number of ether oxygens (including phenoxy) is 2. The van der Waals surface area contributed by atoms with Crippen molar-refractivity contribution in [2.75, 3.05) is 14.2 Å². The zero-order valence-corrected chi connectivity index (χ0v) is 23.0. The first kappa shape index (κ1) is 28.5. The van der Waals surface area contributed by atoms with Crippen molar-refractivity contribution in [3.63, 3.8) is 0 Å². The molecule has 0 saturated carbocycles. The molecule has 0 fully saturated rings. The molecule has 0 aliphatic carbocycles. The number of benzene rings is 2. The van der Waals surface area contributed by atoms with Gasteiger partial charge in [0.25, 0.3) is 0 Å². The van der Waals surface area contributed by atoms with Crippen molar-refractivity contribution in [2.45, 2.75) is 44.9 Å². The number of carbonyl (C=O) groups excluding carboxylic acids is 2. The SMILES string of the molecule is COc1ccc(Br)cc1C=NNC(=O)CCCCCCCC(=O)NN=Cc1cc(Br)ccc1OC. The Balaban J connectivity index is 1.55. The number of amides is 2. The molecular weight excluding hydrogens is 580 g/mol. The van der Waals surface area contributed by atoms with Gasteiger partial charge in [0.15, 0.2) is 0 Å². The third-order valence-electron chi connectivity index (χ3n) is 4.98. The van der Waals surface area contributed by atoms with Crippen molar-refractivity contribution in [1.82, 2.24) is 10.9 Å². The average Bonchev–Trinajstić information content (AvgIpc) is 2.84. The Morgan fingerprint density at radius 3 is 1.54 bits per heavy atom. The maximum absolute atomic E-state index is 12.0. The van der Waals surface area contributed by atoms with E-state index in [2.05, 4.69) is 52.9 Å². The molecule has 35 heavy (non-hydrogen) atoms. The number of halogens is 2. The summed E-state index contributed by atoms with van der Waals surface area (Å²) in [5, 5.41) is 8.01. The number of hydrogen-bond donors (Lipinski definition) is 2. The molecule has 2 amide bonds. The number of nitrogens with zero attached hydrogens (tertiary/aromatic N) is 2. The summed E-state index contributed by atoms with van der Waals surface area (Å²) in [4.78, 5) is 23.9. The molecule has 0 aromatic heterocycles. The number of rotatable bonds is 14. The van der Waals surface area contributed by atoms with Crippen LogP contribution in [0.25, 0.3) is 0 Å². The fraction of sp³-hybridized carbons (Fsp3) is 0.360. The summed E-state index contributed by atoms with van der Waals surface area (Å²) < 4.78 is 12.3. The minimum Gasteiger partial charge on any atom is -0.496 e. The number of nitrogens with one attached hydrogen (secondary N) is 2. The molecule has 0 heterocycles. The summed E-state index contributed by atoms with van der Waals surface area (Å²) >= 11 is 6.80. The van der Waals surface area contributed by atoms with Crippen LogP contribution >= 0.6 is 31.9 Å². The molecule has 0 unspecified atom stereocenters. The molecule has 2 aromatic rings. The molecule has 0 atom stereocenters. The third kappa shape index (κ3) is 11.0. The van der Waals surface area contributed by atoms with Crippen LogP contribution in [0, 0.1) is 0 Å². The average molecular weight is 610 g/mol. The minimum atomic E-state index is -0.130. The molecule has 0 bridgehead atoms. The van der Waals surface area contributed by atoms with Gasteiger partial charge in [0, 0.05) is 32.9 Å². The van der Waals surface area contributed by atoms with Gasteiger partial charge in [0.1, 0.15) is 11.5 Å². The monoisotopic (exact) mass is 608 g/mol. The molecule has 0 spiro atoms. The largest absolute Gasteiger partial charge is 0.496 e. The van der Waals surface area contributed by atoms with E-state index >= 15 is 0 Å². The maximum Gasteiger partial charge on any atom is 0.240 e. The second-order valence-electron chi connectivity index (χ2n) is 7.63. The first-order chi connectivity index (χ1) is 16.9. The summed E-state index contributed by atoms with van der Waals surface area (Å²) in [6.45, 7) is 0. The number of hydrazone groups is 2. The lowest BCUT2D eigenvalue weighted by molar-refractivity contribution is -0.121. The second-order valence-corrected chi connectivity index (χ2v) is 9.46. The Bertz CT molecular complexity index is 963. The fourth-order valence-corrected chi connectivity index (χ4v) is 3.93. The lowest BCUT2D eigenvalue weighted by Gasteiger charge is -2.05. The van der Waals surface area contributed by atoms with Crippen LogP contribution in [0.4, 0.5) is 0 Å². The molecule has 8 nitrogen and oxygen atoms in total. The Morgan fingerprint density at radius 2 is 1.14 bits per heavy atom. The van der Waals surface area contributed by atoms with Crippen molar-refractivity contribution in [3.8, 4) is 11.5 Å². The lowest BCUT2D eigenvalue weighted by Crippen LogP contribution is -2.17. The Kier molecular flexibility index (Phi) is 13.1. The van der Waals surface area contributed by atoms with Crippen molar-refractivity contribution in [3.05, 3.63) is 56.5 Å². The van der Waals surface area contributed by atoms with Gasteiger partial charge in [-0.1, -0.05) is 51.1 Å².